The second kappa shape index (κ2) is 8.30. The quantitative estimate of drug-likeness (QED) is 0.325. The Morgan fingerprint density at radius 3 is 2.49 bits per heavy atom. The number of aromatic nitrogens is 3. The number of furan rings is 1. The number of amidine groups is 2. The summed E-state index contributed by atoms with van der Waals surface area (Å²) in [5.74, 6) is 3.54. The molecule has 0 saturated heterocycles. The van der Waals surface area contributed by atoms with Crippen LogP contribution in [0.3, 0.4) is 0 Å². The van der Waals surface area contributed by atoms with Crippen LogP contribution in [0.1, 0.15) is 28.6 Å². The number of anilines is 2. The van der Waals surface area contributed by atoms with Gasteiger partial charge in [-0.05, 0) is 62.4 Å². The molecule has 0 fully saturated rings. The van der Waals surface area contributed by atoms with Gasteiger partial charge in [0.2, 0.25) is 0 Å². The Morgan fingerprint density at radius 1 is 0.865 bits per heavy atom. The first-order valence-electron chi connectivity index (χ1n) is 12.1. The Kier molecular flexibility index (Phi) is 4.78. The number of fused-ring (bicyclic) bond motifs is 4. The molecule has 3 aromatic heterocycles. The summed E-state index contributed by atoms with van der Waals surface area (Å²) in [6.45, 7) is 4.08. The van der Waals surface area contributed by atoms with Crippen molar-refractivity contribution in [1.82, 2.24) is 14.8 Å². The van der Waals surface area contributed by atoms with Crippen molar-refractivity contribution in [3.63, 3.8) is 0 Å². The van der Waals surface area contributed by atoms with Crippen molar-refractivity contribution in [1.29, 1.82) is 0 Å². The third-order valence-electron chi connectivity index (χ3n) is 6.63. The molecule has 2 aromatic carbocycles. The van der Waals surface area contributed by atoms with E-state index in [1.54, 1.807) is 17.1 Å². The van der Waals surface area contributed by atoms with Crippen LogP contribution in [0.15, 0.2) is 106 Å². The molecule has 0 radical (unpaired) electrons. The Labute approximate surface area is 213 Å². The smallest absolute Gasteiger partial charge is 0.179 e. The van der Waals surface area contributed by atoms with Crippen LogP contribution in [-0.4, -0.2) is 26.4 Å². The lowest BCUT2D eigenvalue weighted by Gasteiger charge is -2.39. The minimum atomic E-state index is -0.290. The van der Waals surface area contributed by atoms with Crippen LogP contribution in [0.5, 0.6) is 0 Å². The molecule has 1 atom stereocenters. The Bertz CT molecular complexity index is 1670. The average Bonchev–Trinajstić information content (AvgIpc) is 3.58. The van der Waals surface area contributed by atoms with Gasteiger partial charge >= 0.3 is 0 Å². The molecular weight excluding hydrogens is 462 g/mol. The van der Waals surface area contributed by atoms with Crippen LogP contribution < -0.4 is 10.2 Å². The van der Waals surface area contributed by atoms with Crippen molar-refractivity contribution in [2.24, 2.45) is 9.98 Å². The summed E-state index contributed by atoms with van der Waals surface area (Å²) in [5.41, 5.74) is 5.75. The first-order valence-corrected chi connectivity index (χ1v) is 12.1. The number of nitrogens with zero attached hydrogens (tertiary/aromatic N) is 6. The van der Waals surface area contributed by atoms with Crippen molar-refractivity contribution in [2.75, 3.05) is 10.2 Å². The van der Waals surface area contributed by atoms with Crippen LogP contribution >= 0.6 is 0 Å². The van der Waals surface area contributed by atoms with Crippen LogP contribution in [0, 0.1) is 13.8 Å². The fraction of sp³-hybridized carbons (Fsp3) is 0.103. The highest BCUT2D eigenvalue weighted by Gasteiger charge is 2.42. The lowest BCUT2D eigenvalue weighted by Crippen LogP contribution is -2.46. The van der Waals surface area contributed by atoms with E-state index in [4.69, 9.17) is 19.5 Å². The molecular formula is C29H23N7O. The van der Waals surface area contributed by atoms with Crippen molar-refractivity contribution in [2.45, 2.75) is 19.9 Å². The first-order chi connectivity index (χ1) is 18.2. The number of rotatable bonds is 3. The van der Waals surface area contributed by atoms with Crippen LogP contribution in [0.4, 0.5) is 22.9 Å². The number of benzene rings is 2. The number of hydrogen-bond donors (Lipinski definition) is 1. The van der Waals surface area contributed by atoms with E-state index in [0.29, 0.717) is 23.3 Å². The van der Waals surface area contributed by atoms with Gasteiger partial charge < -0.3 is 14.6 Å². The number of pyridine rings is 1. The molecule has 8 nitrogen and oxygen atoms in total. The molecule has 0 amide bonds. The van der Waals surface area contributed by atoms with E-state index in [9.17, 15) is 0 Å². The zero-order valence-electron chi connectivity index (χ0n) is 20.3. The van der Waals surface area contributed by atoms with Gasteiger partial charge in [0, 0.05) is 11.9 Å². The van der Waals surface area contributed by atoms with Gasteiger partial charge in [-0.25, -0.2) is 15.0 Å². The topological polar surface area (TPSA) is 83.8 Å². The lowest BCUT2D eigenvalue weighted by atomic mass is 9.98. The Morgan fingerprint density at radius 2 is 1.70 bits per heavy atom. The predicted molar refractivity (Wildman–Crippen MR) is 145 cm³/mol. The van der Waals surface area contributed by atoms with E-state index in [2.05, 4.69) is 40.3 Å². The maximum atomic E-state index is 6.02. The van der Waals surface area contributed by atoms with Gasteiger partial charge in [0.15, 0.2) is 23.3 Å². The van der Waals surface area contributed by atoms with Crippen LogP contribution in [0.2, 0.25) is 0 Å². The number of aryl methyl sites for hydroxylation is 2. The largest absolute Gasteiger partial charge is 0.467 e. The Balaban J connectivity index is 1.49. The summed E-state index contributed by atoms with van der Waals surface area (Å²) < 4.78 is 7.82. The number of aliphatic imine (C=N–C) groups is 2. The average molecular weight is 486 g/mol. The standard InChI is InChI=1S/C29H23N7O/c1-18-12-14-20(15-13-18)31-27-29-33-28-25(19(2)34-36(28)24-11-5-6-16-30-24)26(23-10-7-17-37-23)35(29)22-9-4-3-8-21(22)32-27/h3-17,26H,1-2H3,(H,31,32)/t26-/m1/s1. The zero-order valence-corrected chi connectivity index (χ0v) is 20.3. The molecule has 8 heteroatoms. The van der Waals surface area contributed by atoms with E-state index in [0.717, 1.165) is 34.1 Å². The molecule has 5 heterocycles. The SMILES string of the molecule is Cc1ccc(NC2=Nc3ccccc3N3C2=Nc2c(c(C)nn2-c2ccccn2)[C@H]3c2ccco2)cc1. The van der Waals surface area contributed by atoms with E-state index in [-0.39, 0.29) is 6.04 Å². The number of para-hydroxylation sites is 2. The minimum absolute atomic E-state index is 0.290. The molecule has 180 valence electrons. The molecule has 2 aliphatic rings. The summed E-state index contributed by atoms with van der Waals surface area (Å²) in [7, 11) is 0. The van der Waals surface area contributed by atoms with E-state index >= 15 is 0 Å². The lowest BCUT2D eigenvalue weighted by molar-refractivity contribution is 0.487. The van der Waals surface area contributed by atoms with E-state index in [1.807, 2.05) is 67.6 Å². The second-order valence-corrected chi connectivity index (χ2v) is 9.09. The van der Waals surface area contributed by atoms with Gasteiger partial charge in [-0.3, -0.25) is 0 Å². The third-order valence-corrected chi connectivity index (χ3v) is 6.63. The first kappa shape index (κ1) is 21.3. The van der Waals surface area contributed by atoms with Crippen molar-refractivity contribution < 1.29 is 4.42 Å². The molecule has 0 aliphatic carbocycles. The maximum Gasteiger partial charge on any atom is 0.179 e. The van der Waals surface area contributed by atoms with Crippen molar-refractivity contribution in [3.05, 3.63) is 114 Å². The maximum absolute atomic E-state index is 6.02. The normalized spacial score (nSPS) is 15.8. The Hall–Kier alpha value is -4.98. The van der Waals surface area contributed by atoms with Crippen LogP contribution in [-0.2, 0) is 0 Å². The molecule has 7 rings (SSSR count). The molecule has 0 unspecified atom stereocenters. The van der Waals surface area contributed by atoms with Crippen molar-refractivity contribution in [3.8, 4) is 5.82 Å². The summed E-state index contributed by atoms with van der Waals surface area (Å²) in [5, 5.41) is 8.39. The predicted octanol–water partition coefficient (Wildman–Crippen LogP) is 6.27. The molecule has 0 saturated carbocycles. The molecule has 5 aromatic rings. The fourth-order valence-corrected chi connectivity index (χ4v) is 4.93. The highest BCUT2D eigenvalue weighted by atomic mass is 16.3. The fourth-order valence-electron chi connectivity index (χ4n) is 4.93. The number of nitrogens with one attached hydrogen (secondary N) is 1. The van der Waals surface area contributed by atoms with E-state index in [1.165, 1.54) is 5.56 Å². The van der Waals surface area contributed by atoms with Gasteiger partial charge in [0.05, 0.1) is 28.9 Å². The van der Waals surface area contributed by atoms with Gasteiger partial charge in [0.1, 0.15) is 11.8 Å². The molecule has 0 bridgehead atoms. The summed E-state index contributed by atoms with van der Waals surface area (Å²) in [4.78, 5) is 16.9. The third kappa shape index (κ3) is 3.45. The van der Waals surface area contributed by atoms with Gasteiger partial charge in [-0.2, -0.15) is 9.78 Å². The molecule has 1 N–H and O–H groups in total. The van der Waals surface area contributed by atoms with Gasteiger partial charge in [-0.15, -0.1) is 0 Å². The molecule has 37 heavy (non-hydrogen) atoms. The number of hydrogen-bond acceptors (Lipinski definition) is 7. The van der Waals surface area contributed by atoms with Crippen molar-refractivity contribution >= 4 is 34.6 Å². The summed E-state index contributed by atoms with van der Waals surface area (Å²) in [6.07, 6.45) is 3.46. The molecule has 2 aliphatic heterocycles. The summed E-state index contributed by atoms with van der Waals surface area (Å²) in [6, 6.07) is 25.7. The zero-order chi connectivity index (χ0) is 24.9. The monoisotopic (exact) mass is 485 g/mol. The second-order valence-electron chi connectivity index (χ2n) is 9.09. The van der Waals surface area contributed by atoms with Gasteiger partial charge in [-0.1, -0.05) is 35.9 Å². The van der Waals surface area contributed by atoms with E-state index < -0.39 is 0 Å². The minimum Gasteiger partial charge on any atom is -0.467 e. The highest BCUT2D eigenvalue weighted by Crippen LogP contribution is 2.48. The highest BCUT2D eigenvalue weighted by molar-refractivity contribution is 6.51. The van der Waals surface area contributed by atoms with Gasteiger partial charge in [0.25, 0.3) is 0 Å². The molecule has 0 spiro atoms. The van der Waals surface area contributed by atoms with Crippen LogP contribution in [0.25, 0.3) is 5.82 Å². The summed E-state index contributed by atoms with van der Waals surface area (Å²) >= 11 is 0.